The standard InChI is InChI=1S/C29H45NO8/c1-6-10-13-16-27(33)38-29(28(34)35,30-21(5)9-4)20-22-17-18-23(36-25(31)14-11-7-2)24(19-22)37-26(32)15-12-8-3/h17-19,21,30H,6-16,20H2,1-5H3,(H,34,35)/t21?,29-/m0/s1. The molecule has 2 atom stereocenters. The molecule has 0 aliphatic heterocycles. The third kappa shape index (κ3) is 11.6. The zero-order valence-corrected chi connectivity index (χ0v) is 23.6. The first-order valence-electron chi connectivity index (χ1n) is 13.9. The van der Waals surface area contributed by atoms with E-state index in [1.165, 1.54) is 12.1 Å². The predicted molar refractivity (Wildman–Crippen MR) is 144 cm³/mol. The summed E-state index contributed by atoms with van der Waals surface area (Å²) in [5.74, 6) is -2.79. The van der Waals surface area contributed by atoms with Crippen LogP contribution in [0.3, 0.4) is 0 Å². The van der Waals surface area contributed by atoms with Gasteiger partial charge in [-0.2, -0.15) is 0 Å². The Morgan fingerprint density at radius 2 is 1.37 bits per heavy atom. The van der Waals surface area contributed by atoms with Crippen LogP contribution in [0.1, 0.15) is 111 Å². The number of aliphatic carboxylic acids is 1. The molecule has 0 aliphatic rings. The molecule has 0 spiro atoms. The van der Waals surface area contributed by atoms with E-state index in [-0.39, 0.29) is 43.2 Å². The van der Waals surface area contributed by atoms with E-state index in [1.54, 1.807) is 6.07 Å². The number of hydrogen-bond donors (Lipinski definition) is 2. The van der Waals surface area contributed by atoms with E-state index in [4.69, 9.17) is 14.2 Å². The van der Waals surface area contributed by atoms with E-state index < -0.39 is 29.6 Å². The molecule has 0 saturated carbocycles. The van der Waals surface area contributed by atoms with Crippen molar-refractivity contribution in [3.8, 4) is 11.5 Å². The topological polar surface area (TPSA) is 128 Å². The average Bonchev–Trinajstić information content (AvgIpc) is 2.87. The lowest BCUT2D eigenvalue weighted by molar-refractivity contribution is -0.184. The van der Waals surface area contributed by atoms with Crippen LogP contribution in [0.25, 0.3) is 0 Å². The van der Waals surface area contributed by atoms with E-state index in [9.17, 15) is 24.3 Å². The van der Waals surface area contributed by atoms with Crippen molar-refractivity contribution in [1.29, 1.82) is 0 Å². The molecular formula is C29H45NO8. The summed E-state index contributed by atoms with van der Waals surface area (Å²) in [7, 11) is 0. The van der Waals surface area contributed by atoms with Gasteiger partial charge in [-0.15, -0.1) is 0 Å². The van der Waals surface area contributed by atoms with Crippen molar-refractivity contribution < 1.29 is 38.5 Å². The number of carboxylic acid groups (broad SMARTS) is 1. The summed E-state index contributed by atoms with van der Waals surface area (Å²) in [6, 6.07) is 4.25. The van der Waals surface area contributed by atoms with Gasteiger partial charge in [0.15, 0.2) is 11.5 Å². The van der Waals surface area contributed by atoms with Gasteiger partial charge < -0.3 is 19.3 Å². The second-order valence-electron chi connectivity index (χ2n) is 9.63. The molecule has 38 heavy (non-hydrogen) atoms. The maximum absolute atomic E-state index is 12.6. The molecule has 0 aliphatic carbocycles. The van der Waals surface area contributed by atoms with Gasteiger partial charge in [0.05, 0.1) is 0 Å². The maximum atomic E-state index is 12.6. The third-order valence-electron chi connectivity index (χ3n) is 6.09. The van der Waals surface area contributed by atoms with Gasteiger partial charge in [-0.1, -0.05) is 59.4 Å². The molecule has 0 radical (unpaired) electrons. The minimum absolute atomic E-state index is 0.0190. The van der Waals surface area contributed by atoms with Gasteiger partial charge in [0.1, 0.15) is 0 Å². The number of esters is 3. The van der Waals surface area contributed by atoms with Crippen molar-refractivity contribution in [3.05, 3.63) is 23.8 Å². The predicted octanol–water partition coefficient (Wildman–Crippen LogP) is 5.71. The largest absolute Gasteiger partial charge is 0.477 e. The molecule has 1 aromatic carbocycles. The minimum Gasteiger partial charge on any atom is -0.477 e. The Balaban J connectivity index is 3.36. The molecule has 9 heteroatoms. The number of nitrogens with one attached hydrogen (secondary N) is 1. The Morgan fingerprint density at radius 3 is 1.89 bits per heavy atom. The highest BCUT2D eigenvalue weighted by atomic mass is 16.6. The van der Waals surface area contributed by atoms with Crippen molar-refractivity contribution in [2.24, 2.45) is 0 Å². The number of carbonyl (C=O) groups excluding carboxylic acids is 3. The monoisotopic (exact) mass is 535 g/mol. The molecule has 0 amide bonds. The van der Waals surface area contributed by atoms with Crippen molar-refractivity contribution in [3.63, 3.8) is 0 Å². The summed E-state index contributed by atoms with van der Waals surface area (Å²) in [5, 5.41) is 13.2. The van der Waals surface area contributed by atoms with Crippen LogP contribution in [0.4, 0.5) is 0 Å². The van der Waals surface area contributed by atoms with Gasteiger partial charge in [0, 0.05) is 31.7 Å². The summed E-state index contributed by atoms with van der Waals surface area (Å²) >= 11 is 0. The molecule has 1 aromatic rings. The first kappa shape index (κ1) is 33.1. The van der Waals surface area contributed by atoms with Gasteiger partial charge in [-0.3, -0.25) is 19.7 Å². The number of unbranched alkanes of at least 4 members (excludes halogenated alkanes) is 4. The smallest absolute Gasteiger partial charge is 0.364 e. The lowest BCUT2D eigenvalue weighted by Gasteiger charge is -2.33. The Bertz CT molecular complexity index is 916. The van der Waals surface area contributed by atoms with E-state index in [2.05, 4.69) is 5.32 Å². The number of rotatable bonds is 19. The first-order valence-corrected chi connectivity index (χ1v) is 13.9. The van der Waals surface area contributed by atoms with Crippen LogP contribution in [0.2, 0.25) is 0 Å². The quantitative estimate of drug-likeness (QED) is 0.0990. The zero-order valence-electron chi connectivity index (χ0n) is 23.6. The summed E-state index contributed by atoms with van der Waals surface area (Å²) in [6.45, 7) is 9.62. The van der Waals surface area contributed by atoms with Crippen molar-refractivity contribution in [2.75, 3.05) is 0 Å². The van der Waals surface area contributed by atoms with E-state index in [0.717, 1.165) is 25.7 Å². The van der Waals surface area contributed by atoms with Crippen molar-refractivity contribution in [1.82, 2.24) is 5.32 Å². The van der Waals surface area contributed by atoms with Crippen LogP contribution in [-0.2, 0) is 30.3 Å². The number of ether oxygens (including phenoxy) is 3. The highest BCUT2D eigenvalue weighted by Crippen LogP contribution is 2.32. The molecule has 2 N–H and O–H groups in total. The molecule has 0 heterocycles. The summed E-state index contributed by atoms with van der Waals surface area (Å²) in [5.41, 5.74) is -1.60. The van der Waals surface area contributed by atoms with Crippen LogP contribution >= 0.6 is 0 Å². The zero-order chi connectivity index (χ0) is 28.6. The number of hydrogen-bond acceptors (Lipinski definition) is 8. The SMILES string of the molecule is CCCCCC(=O)O[C@](Cc1ccc(OC(=O)CCCC)c(OC(=O)CCCC)c1)(NC(C)CC)C(=O)O. The van der Waals surface area contributed by atoms with Crippen LogP contribution in [-0.4, -0.2) is 40.8 Å². The normalized spacial score (nSPS) is 13.3. The van der Waals surface area contributed by atoms with E-state index >= 15 is 0 Å². The van der Waals surface area contributed by atoms with E-state index in [1.807, 2.05) is 34.6 Å². The Hall–Kier alpha value is -2.94. The van der Waals surface area contributed by atoms with Gasteiger partial charge in [-0.05, 0) is 50.3 Å². The Kier molecular flexibility index (Phi) is 15.3. The second-order valence-corrected chi connectivity index (χ2v) is 9.63. The van der Waals surface area contributed by atoms with Crippen LogP contribution < -0.4 is 14.8 Å². The number of benzene rings is 1. The fourth-order valence-corrected chi connectivity index (χ4v) is 3.67. The van der Waals surface area contributed by atoms with Gasteiger partial charge in [0.2, 0.25) is 0 Å². The molecule has 0 saturated heterocycles. The van der Waals surface area contributed by atoms with Crippen LogP contribution in [0.15, 0.2) is 18.2 Å². The maximum Gasteiger partial charge on any atom is 0.364 e. The highest BCUT2D eigenvalue weighted by Gasteiger charge is 2.44. The summed E-state index contributed by atoms with van der Waals surface area (Å²) in [6.07, 6.45) is 6.17. The van der Waals surface area contributed by atoms with Gasteiger partial charge in [-0.25, -0.2) is 4.79 Å². The summed E-state index contributed by atoms with van der Waals surface area (Å²) < 4.78 is 16.6. The lowest BCUT2D eigenvalue weighted by atomic mass is 10.00. The molecule has 0 aromatic heterocycles. The molecule has 0 bridgehead atoms. The van der Waals surface area contributed by atoms with Crippen LogP contribution in [0.5, 0.6) is 11.5 Å². The molecule has 1 rings (SSSR count). The van der Waals surface area contributed by atoms with Gasteiger partial charge in [0.25, 0.3) is 5.72 Å². The first-order chi connectivity index (χ1) is 18.1. The van der Waals surface area contributed by atoms with Crippen molar-refractivity contribution >= 4 is 23.9 Å². The summed E-state index contributed by atoms with van der Waals surface area (Å²) in [4.78, 5) is 49.8. The molecule has 9 nitrogen and oxygen atoms in total. The fourth-order valence-electron chi connectivity index (χ4n) is 3.67. The molecule has 0 fully saturated rings. The lowest BCUT2D eigenvalue weighted by Crippen LogP contribution is -2.59. The second kappa shape index (κ2) is 17.5. The highest BCUT2D eigenvalue weighted by molar-refractivity contribution is 5.82. The number of carbonyl (C=O) groups is 4. The molecule has 1 unspecified atom stereocenters. The minimum atomic E-state index is -2.03. The third-order valence-corrected chi connectivity index (χ3v) is 6.09. The van der Waals surface area contributed by atoms with Crippen molar-refractivity contribution in [2.45, 2.75) is 123 Å². The fraction of sp³-hybridized carbons (Fsp3) is 0.655. The Labute approximate surface area is 226 Å². The molecular weight excluding hydrogens is 490 g/mol. The number of carboxylic acids is 1. The molecule has 214 valence electrons. The van der Waals surface area contributed by atoms with Gasteiger partial charge >= 0.3 is 23.9 Å². The average molecular weight is 536 g/mol. The Morgan fingerprint density at radius 1 is 0.816 bits per heavy atom. The van der Waals surface area contributed by atoms with E-state index in [0.29, 0.717) is 31.2 Å². The van der Waals surface area contributed by atoms with Crippen LogP contribution in [0, 0.1) is 0 Å².